The predicted octanol–water partition coefficient (Wildman–Crippen LogP) is 3.06. The topological polar surface area (TPSA) is 53.4 Å². The van der Waals surface area contributed by atoms with Gasteiger partial charge in [0.05, 0.1) is 10.7 Å². The first-order valence-corrected chi connectivity index (χ1v) is 7.31. The fourth-order valence-electron chi connectivity index (χ4n) is 1.97. The third kappa shape index (κ3) is 3.17. The van der Waals surface area contributed by atoms with E-state index in [4.69, 9.17) is 5.11 Å². The Morgan fingerprint density at radius 2 is 1.95 bits per heavy atom. The average molecular weight is 290 g/mol. The standard InChI is InChI=1S/C15H18N2O2S/c1-4-12-14(15(18)19)20-13(16-12)9-10-5-7-11(8-6-10)17(2)3/h5-8H,4,9H2,1-3H3,(H,18,19). The Bertz CT molecular complexity index is 603. The van der Waals surface area contributed by atoms with Crippen LogP contribution in [0, 0.1) is 0 Å². The van der Waals surface area contributed by atoms with Gasteiger partial charge in [0, 0.05) is 26.2 Å². The van der Waals surface area contributed by atoms with Crippen molar-refractivity contribution in [2.75, 3.05) is 19.0 Å². The lowest BCUT2D eigenvalue weighted by atomic mass is 10.1. The first-order valence-electron chi connectivity index (χ1n) is 6.49. The number of nitrogens with zero attached hydrogens (tertiary/aromatic N) is 2. The van der Waals surface area contributed by atoms with Crippen LogP contribution in [0.2, 0.25) is 0 Å². The van der Waals surface area contributed by atoms with Crippen molar-refractivity contribution < 1.29 is 9.90 Å². The maximum absolute atomic E-state index is 11.1. The molecule has 0 unspecified atom stereocenters. The van der Waals surface area contributed by atoms with Crippen LogP contribution < -0.4 is 4.90 Å². The van der Waals surface area contributed by atoms with Gasteiger partial charge < -0.3 is 10.0 Å². The number of thiazole rings is 1. The van der Waals surface area contributed by atoms with E-state index in [9.17, 15) is 4.79 Å². The van der Waals surface area contributed by atoms with Crippen LogP contribution in [0.4, 0.5) is 5.69 Å². The molecule has 0 spiro atoms. The minimum Gasteiger partial charge on any atom is -0.477 e. The monoisotopic (exact) mass is 290 g/mol. The van der Waals surface area contributed by atoms with E-state index in [0.717, 1.165) is 16.3 Å². The Morgan fingerprint density at radius 1 is 1.30 bits per heavy atom. The summed E-state index contributed by atoms with van der Waals surface area (Å²) in [5.41, 5.74) is 2.97. The van der Waals surface area contributed by atoms with Crippen molar-refractivity contribution in [1.82, 2.24) is 4.98 Å². The Kier molecular flexibility index (Phi) is 4.39. The first-order chi connectivity index (χ1) is 9.51. The van der Waals surface area contributed by atoms with Crippen LogP contribution in [0.15, 0.2) is 24.3 Å². The van der Waals surface area contributed by atoms with Crippen LogP contribution >= 0.6 is 11.3 Å². The van der Waals surface area contributed by atoms with Gasteiger partial charge in [-0.05, 0) is 24.1 Å². The Labute approximate surface area is 122 Å². The highest BCUT2D eigenvalue weighted by molar-refractivity contribution is 7.13. The van der Waals surface area contributed by atoms with E-state index in [0.29, 0.717) is 23.4 Å². The number of aromatic carboxylic acids is 1. The number of rotatable bonds is 5. The molecule has 5 heteroatoms. The number of carbonyl (C=O) groups is 1. The SMILES string of the molecule is CCc1nc(Cc2ccc(N(C)C)cc2)sc1C(=O)O. The molecule has 0 aliphatic heterocycles. The number of aromatic nitrogens is 1. The van der Waals surface area contributed by atoms with Gasteiger partial charge in [0.2, 0.25) is 0 Å². The van der Waals surface area contributed by atoms with E-state index in [1.54, 1.807) is 0 Å². The molecule has 0 aliphatic rings. The molecular formula is C15H18N2O2S. The lowest BCUT2D eigenvalue weighted by Gasteiger charge is -2.12. The second-order valence-corrected chi connectivity index (χ2v) is 5.86. The van der Waals surface area contributed by atoms with Crippen LogP contribution in [0.1, 0.15) is 32.9 Å². The van der Waals surface area contributed by atoms with Gasteiger partial charge >= 0.3 is 5.97 Å². The molecular weight excluding hydrogens is 272 g/mol. The van der Waals surface area contributed by atoms with E-state index in [1.165, 1.54) is 11.3 Å². The average Bonchev–Trinajstić information content (AvgIpc) is 2.82. The third-order valence-corrected chi connectivity index (χ3v) is 4.16. The van der Waals surface area contributed by atoms with E-state index in [2.05, 4.69) is 29.2 Å². The fourth-order valence-corrected chi connectivity index (χ4v) is 3.00. The molecule has 0 saturated heterocycles. The summed E-state index contributed by atoms with van der Waals surface area (Å²) in [6, 6.07) is 8.23. The molecule has 0 saturated carbocycles. The van der Waals surface area contributed by atoms with E-state index in [1.807, 2.05) is 25.9 Å². The smallest absolute Gasteiger partial charge is 0.347 e. The summed E-state index contributed by atoms with van der Waals surface area (Å²) in [4.78, 5) is 18.0. The number of benzene rings is 1. The summed E-state index contributed by atoms with van der Waals surface area (Å²) < 4.78 is 0. The van der Waals surface area contributed by atoms with Gasteiger partial charge in [-0.1, -0.05) is 19.1 Å². The molecule has 0 radical (unpaired) electrons. The van der Waals surface area contributed by atoms with Crippen LogP contribution in [-0.2, 0) is 12.8 Å². The number of hydrogen-bond donors (Lipinski definition) is 1. The molecule has 1 N–H and O–H groups in total. The molecule has 0 fully saturated rings. The van der Waals surface area contributed by atoms with Gasteiger partial charge in [0.15, 0.2) is 0 Å². The van der Waals surface area contributed by atoms with Crippen molar-refractivity contribution in [3.8, 4) is 0 Å². The molecule has 2 aromatic rings. The van der Waals surface area contributed by atoms with E-state index >= 15 is 0 Å². The predicted molar refractivity (Wildman–Crippen MR) is 82.0 cm³/mol. The lowest BCUT2D eigenvalue weighted by molar-refractivity contribution is 0.0701. The summed E-state index contributed by atoms with van der Waals surface area (Å²) in [6.07, 6.45) is 1.33. The molecule has 106 valence electrons. The molecule has 20 heavy (non-hydrogen) atoms. The van der Waals surface area contributed by atoms with Gasteiger partial charge in [-0.15, -0.1) is 11.3 Å². The zero-order chi connectivity index (χ0) is 14.7. The third-order valence-electron chi connectivity index (χ3n) is 3.08. The number of carboxylic acids is 1. The van der Waals surface area contributed by atoms with Gasteiger partial charge in [0.25, 0.3) is 0 Å². The summed E-state index contributed by atoms with van der Waals surface area (Å²) in [6.45, 7) is 1.93. The normalized spacial score (nSPS) is 10.6. The quantitative estimate of drug-likeness (QED) is 0.919. The molecule has 0 bridgehead atoms. The Morgan fingerprint density at radius 3 is 2.40 bits per heavy atom. The Balaban J connectivity index is 2.19. The molecule has 0 aliphatic carbocycles. The number of hydrogen-bond acceptors (Lipinski definition) is 4. The van der Waals surface area contributed by atoms with Crippen molar-refractivity contribution in [2.45, 2.75) is 19.8 Å². The van der Waals surface area contributed by atoms with E-state index < -0.39 is 5.97 Å². The largest absolute Gasteiger partial charge is 0.477 e. The summed E-state index contributed by atoms with van der Waals surface area (Å²) >= 11 is 1.28. The zero-order valence-corrected chi connectivity index (χ0v) is 12.7. The van der Waals surface area contributed by atoms with Crippen molar-refractivity contribution in [1.29, 1.82) is 0 Å². The summed E-state index contributed by atoms with van der Waals surface area (Å²) in [7, 11) is 4.00. The molecule has 1 aromatic carbocycles. The number of anilines is 1. The van der Waals surface area contributed by atoms with Crippen molar-refractivity contribution in [3.05, 3.63) is 45.4 Å². The van der Waals surface area contributed by atoms with Crippen LogP contribution in [0.25, 0.3) is 0 Å². The molecule has 2 rings (SSSR count). The highest BCUT2D eigenvalue weighted by Gasteiger charge is 2.15. The highest BCUT2D eigenvalue weighted by atomic mass is 32.1. The molecule has 1 aromatic heterocycles. The molecule has 4 nitrogen and oxygen atoms in total. The fraction of sp³-hybridized carbons (Fsp3) is 0.333. The van der Waals surface area contributed by atoms with Gasteiger partial charge in [-0.2, -0.15) is 0 Å². The second-order valence-electron chi connectivity index (χ2n) is 4.78. The number of aryl methyl sites for hydroxylation is 1. The second kappa shape index (κ2) is 6.05. The number of carboxylic acid groups (broad SMARTS) is 1. The minimum atomic E-state index is -0.881. The van der Waals surface area contributed by atoms with Crippen molar-refractivity contribution in [3.63, 3.8) is 0 Å². The maximum atomic E-state index is 11.1. The molecule has 0 atom stereocenters. The van der Waals surface area contributed by atoms with Crippen LogP contribution in [0.3, 0.4) is 0 Å². The highest BCUT2D eigenvalue weighted by Crippen LogP contribution is 2.22. The maximum Gasteiger partial charge on any atom is 0.347 e. The van der Waals surface area contributed by atoms with Crippen LogP contribution in [0.5, 0.6) is 0 Å². The zero-order valence-electron chi connectivity index (χ0n) is 11.9. The Hall–Kier alpha value is -1.88. The minimum absolute atomic E-state index is 0.368. The van der Waals surface area contributed by atoms with Gasteiger partial charge in [-0.3, -0.25) is 0 Å². The molecule has 1 heterocycles. The lowest BCUT2D eigenvalue weighted by Crippen LogP contribution is -2.08. The summed E-state index contributed by atoms with van der Waals surface area (Å²) in [5.74, 6) is -0.881. The summed E-state index contributed by atoms with van der Waals surface area (Å²) in [5, 5.41) is 10.00. The van der Waals surface area contributed by atoms with Gasteiger partial charge in [-0.25, -0.2) is 9.78 Å². The van der Waals surface area contributed by atoms with Gasteiger partial charge in [0.1, 0.15) is 4.88 Å². The van der Waals surface area contributed by atoms with Crippen molar-refractivity contribution in [2.24, 2.45) is 0 Å². The van der Waals surface area contributed by atoms with Crippen LogP contribution in [-0.4, -0.2) is 30.2 Å². The molecule has 0 amide bonds. The van der Waals surface area contributed by atoms with Crippen molar-refractivity contribution >= 4 is 23.0 Å². The van der Waals surface area contributed by atoms with E-state index in [-0.39, 0.29) is 0 Å². The first kappa shape index (κ1) is 14.5.